The van der Waals surface area contributed by atoms with Crippen LogP contribution in [0.2, 0.25) is 0 Å². The highest BCUT2D eigenvalue weighted by Crippen LogP contribution is 2.58. The smallest absolute Gasteiger partial charge is 0.196 e. The molecular formula is C17H24Cl3NO. The normalized spacial score (nSPS) is 41.0. The highest BCUT2D eigenvalue weighted by molar-refractivity contribution is 6.95. The van der Waals surface area contributed by atoms with Gasteiger partial charge in [-0.2, -0.15) is 0 Å². The van der Waals surface area contributed by atoms with Crippen molar-refractivity contribution in [1.29, 1.82) is 0 Å². The maximum Gasteiger partial charge on any atom is 0.196 e. The lowest BCUT2D eigenvalue weighted by Gasteiger charge is -2.56. The lowest BCUT2D eigenvalue weighted by atomic mass is 9.51. The zero-order valence-electron chi connectivity index (χ0n) is 13.5. The monoisotopic (exact) mass is 363 g/mol. The van der Waals surface area contributed by atoms with Crippen molar-refractivity contribution < 1.29 is 5.11 Å². The Morgan fingerprint density at radius 2 is 2.00 bits per heavy atom. The van der Waals surface area contributed by atoms with Crippen LogP contribution in [0.25, 0.3) is 0 Å². The highest BCUT2D eigenvalue weighted by Gasteiger charge is 2.55. The minimum absolute atomic E-state index is 0.00334. The van der Waals surface area contributed by atoms with E-state index in [1.165, 1.54) is 5.57 Å². The van der Waals surface area contributed by atoms with Gasteiger partial charge in [0.25, 0.3) is 0 Å². The number of alkyl halides is 1. The second-order valence-corrected chi connectivity index (χ2v) is 8.90. The SMILES string of the molecule is CC1C[C@H]2C(C)(C)[C@@H](Cl)[C@H](O)C[C@]2(C)C=C1C=CN=C(Cl)Cl. The molecule has 0 saturated heterocycles. The van der Waals surface area contributed by atoms with E-state index in [-0.39, 0.29) is 20.8 Å². The van der Waals surface area contributed by atoms with E-state index in [0.29, 0.717) is 18.3 Å². The fourth-order valence-corrected chi connectivity index (χ4v) is 4.73. The van der Waals surface area contributed by atoms with Gasteiger partial charge >= 0.3 is 0 Å². The van der Waals surface area contributed by atoms with Crippen molar-refractivity contribution >= 4 is 39.4 Å². The molecule has 0 aromatic rings. The van der Waals surface area contributed by atoms with Crippen LogP contribution in [-0.2, 0) is 0 Å². The van der Waals surface area contributed by atoms with Crippen molar-refractivity contribution in [1.82, 2.24) is 0 Å². The minimum atomic E-state index is -0.483. The van der Waals surface area contributed by atoms with Gasteiger partial charge in [-0.15, -0.1) is 11.6 Å². The molecular weight excluding hydrogens is 341 g/mol. The Labute approximate surface area is 148 Å². The van der Waals surface area contributed by atoms with E-state index in [9.17, 15) is 5.11 Å². The second kappa shape index (κ2) is 6.47. The Morgan fingerprint density at radius 3 is 2.59 bits per heavy atom. The van der Waals surface area contributed by atoms with Crippen molar-refractivity contribution in [2.24, 2.45) is 27.7 Å². The zero-order chi connectivity index (χ0) is 16.7. The van der Waals surface area contributed by atoms with Crippen molar-refractivity contribution in [2.75, 3.05) is 0 Å². The number of aliphatic hydroxyl groups excluding tert-OH is 1. The molecule has 0 amide bonds. The largest absolute Gasteiger partial charge is 0.392 e. The van der Waals surface area contributed by atoms with Crippen LogP contribution < -0.4 is 0 Å². The summed E-state index contributed by atoms with van der Waals surface area (Å²) in [6.45, 7) is 8.79. The fraction of sp³-hybridized carbons (Fsp3) is 0.706. The van der Waals surface area contributed by atoms with E-state index in [0.717, 1.165) is 6.42 Å². The summed E-state index contributed by atoms with van der Waals surface area (Å²) in [5.74, 6) is 0.857. The Morgan fingerprint density at radius 1 is 1.36 bits per heavy atom. The number of aliphatic hydroxyl groups is 1. The van der Waals surface area contributed by atoms with Crippen molar-refractivity contribution in [3.05, 3.63) is 23.9 Å². The molecule has 5 atom stereocenters. The first-order valence-electron chi connectivity index (χ1n) is 7.68. The van der Waals surface area contributed by atoms with Crippen LogP contribution in [0.1, 0.15) is 40.5 Å². The summed E-state index contributed by atoms with van der Waals surface area (Å²) < 4.78 is 0.00334. The van der Waals surface area contributed by atoms with Crippen LogP contribution in [0.4, 0.5) is 0 Å². The molecule has 0 bridgehead atoms. The Bertz CT molecular complexity index is 522. The van der Waals surface area contributed by atoms with Crippen LogP contribution in [0, 0.1) is 22.7 Å². The zero-order valence-corrected chi connectivity index (χ0v) is 15.8. The van der Waals surface area contributed by atoms with Gasteiger partial charge < -0.3 is 5.11 Å². The van der Waals surface area contributed by atoms with Crippen LogP contribution in [0.15, 0.2) is 28.9 Å². The summed E-state index contributed by atoms with van der Waals surface area (Å²) in [5, 5.41) is 10.2. The van der Waals surface area contributed by atoms with E-state index in [1.54, 1.807) is 6.20 Å². The molecule has 1 N–H and O–H groups in total. The topological polar surface area (TPSA) is 32.6 Å². The summed E-state index contributed by atoms with van der Waals surface area (Å²) in [5.41, 5.74) is 1.05. The molecule has 124 valence electrons. The average Bonchev–Trinajstić information content (AvgIpc) is 2.39. The predicted molar refractivity (Wildman–Crippen MR) is 95.8 cm³/mol. The molecule has 2 aliphatic rings. The third kappa shape index (κ3) is 3.40. The summed E-state index contributed by atoms with van der Waals surface area (Å²) in [6.07, 6.45) is 7.14. The number of aliphatic imine (C=N–C) groups is 1. The number of allylic oxidation sites excluding steroid dienone is 3. The van der Waals surface area contributed by atoms with E-state index in [4.69, 9.17) is 34.8 Å². The summed E-state index contributed by atoms with van der Waals surface area (Å²) in [6, 6.07) is 0. The standard InChI is InChI=1S/C17H24Cl3NO/c1-10-7-13-16(2,3)14(18)12(22)9-17(13,4)8-11(10)5-6-21-15(19)20/h5-6,8,10,12-14,22H,7,9H2,1-4H3/t10?,12-,13+,14+,17+/m1/s1. The number of halogens is 3. The maximum absolute atomic E-state index is 10.4. The van der Waals surface area contributed by atoms with Crippen LogP contribution in [0.3, 0.4) is 0 Å². The van der Waals surface area contributed by atoms with Crippen LogP contribution >= 0.6 is 34.8 Å². The minimum Gasteiger partial charge on any atom is -0.392 e. The molecule has 0 radical (unpaired) electrons. The molecule has 2 nitrogen and oxygen atoms in total. The van der Waals surface area contributed by atoms with Crippen LogP contribution in [-0.4, -0.2) is 21.2 Å². The summed E-state index contributed by atoms with van der Waals surface area (Å²) >= 11 is 17.6. The Balaban J connectivity index is 2.36. The first-order chi connectivity index (χ1) is 10.1. The van der Waals surface area contributed by atoms with Gasteiger partial charge in [-0.1, -0.05) is 33.8 Å². The molecule has 0 heterocycles. The van der Waals surface area contributed by atoms with E-state index < -0.39 is 6.10 Å². The number of hydrogen-bond donors (Lipinski definition) is 1. The van der Waals surface area contributed by atoms with Crippen molar-refractivity contribution in [3.63, 3.8) is 0 Å². The van der Waals surface area contributed by atoms with Crippen LogP contribution in [0.5, 0.6) is 0 Å². The van der Waals surface area contributed by atoms with E-state index in [2.05, 4.69) is 38.8 Å². The molecule has 22 heavy (non-hydrogen) atoms. The van der Waals surface area contributed by atoms with Gasteiger partial charge in [-0.25, -0.2) is 4.99 Å². The van der Waals surface area contributed by atoms with Gasteiger partial charge in [-0.3, -0.25) is 0 Å². The fourth-order valence-electron chi connectivity index (χ4n) is 4.37. The van der Waals surface area contributed by atoms with Gasteiger partial charge in [0.15, 0.2) is 4.63 Å². The highest BCUT2D eigenvalue weighted by atomic mass is 35.5. The van der Waals surface area contributed by atoms with Gasteiger partial charge in [0.05, 0.1) is 11.5 Å². The molecule has 0 aliphatic heterocycles. The first-order valence-corrected chi connectivity index (χ1v) is 8.87. The molecule has 2 rings (SSSR count). The number of fused-ring (bicyclic) bond motifs is 1. The molecule has 0 spiro atoms. The molecule has 2 aliphatic carbocycles. The Hall–Kier alpha value is -0.0200. The third-order valence-electron chi connectivity index (χ3n) is 5.49. The summed E-state index contributed by atoms with van der Waals surface area (Å²) in [7, 11) is 0. The van der Waals surface area contributed by atoms with Crippen molar-refractivity contribution in [2.45, 2.75) is 52.0 Å². The molecule has 1 fully saturated rings. The molecule has 0 aromatic heterocycles. The third-order valence-corrected chi connectivity index (χ3v) is 6.53. The number of nitrogens with zero attached hydrogens (tertiary/aromatic N) is 1. The Kier molecular flexibility index (Phi) is 5.39. The van der Waals surface area contributed by atoms with Crippen molar-refractivity contribution in [3.8, 4) is 0 Å². The lowest BCUT2D eigenvalue weighted by Crippen LogP contribution is -2.55. The molecule has 0 aromatic carbocycles. The van der Waals surface area contributed by atoms with Gasteiger partial charge in [0.1, 0.15) is 0 Å². The van der Waals surface area contributed by atoms with Gasteiger partial charge in [-0.05, 0) is 70.4 Å². The average molecular weight is 365 g/mol. The molecule has 5 heteroatoms. The molecule has 1 saturated carbocycles. The second-order valence-electron chi connectivity index (χ2n) is 7.52. The molecule has 1 unspecified atom stereocenters. The summed E-state index contributed by atoms with van der Waals surface area (Å²) in [4.78, 5) is 3.89. The lowest BCUT2D eigenvalue weighted by molar-refractivity contribution is -0.0532. The van der Waals surface area contributed by atoms with Gasteiger partial charge in [0, 0.05) is 6.20 Å². The number of hydrogen-bond acceptors (Lipinski definition) is 2. The first kappa shape index (κ1) is 18.3. The number of rotatable bonds is 2. The maximum atomic E-state index is 10.4. The van der Waals surface area contributed by atoms with E-state index in [1.807, 2.05) is 6.08 Å². The predicted octanol–water partition coefficient (Wildman–Crippen LogP) is 5.32. The van der Waals surface area contributed by atoms with Gasteiger partial charge in [0.2, 0.25) is 0 Å². The van der Waals surface area contributed by atoms with E-state index >= 15 is 0 Å². The quantitative estimate of drug-likeness (QED) is 0.522.